The quantitative estimate of drug-likeness (QED) is 0.830. The number of halogens is 3. The molecule has 20 heavy (non-hydrogen) atoms. The molecule has 0 fully saturated rings. The van der Waals surface area contributed by atoms with Gasteiger partial charge in [-0.25, -0.2) is 8.78 Å². The van der Waals surface area contributed by atoms with Crippen LogP contribution in [0.2, 0.25) is 5.02 Å². The number of rotatable bonds is 3. The van der Waals surface area contributed by atoms with Gasteiger partial charge in [0.2, 0.25) is 0 Å². The van der Waals surface area contributed by atoms with Crippen LogP contribution < -0.4 is 5.73 Å². The highest BCUT2D eigenvalue weighted by Gasteiger charge is 2.16. The first-order valence-electron chi connectivity index (χ1n) is 6.34. The van der Waals surface area contributed by atoms with Gasteiger partial charge in [0.15, 0.2) is 0 Å². The molecule has 0 spiro atoms. The molecule has 1 nitrogen and oxygen atoms in total. The standard InChI is InChI=1S/C16H16ClF2N/c1-9-3-4-10(2)11(5-9)6-16(20)12-7-15(19)13(17)8-14(12)18/h3-5,7-8,16H,6,20H2,1-2H3. The number of nitrogens with two attached hydrogens (primary N) is 1. The Morgan fingerprint density at radius 3 is 2.50 bits per heavy atom. The monoisotopic (exact) mass is 295 g/mol. The van der Waals surface area contributed by atoms with Crippen molar-refractivity contribution in [1.82, 2.24) is 0 Å². The summed E-state index contributed by atoms with van der Waals surface area (Å²) in [5.41, 5.74) is 9.39. The van der Waals surface area contributed by atoms with Crippen LogP contribution in [0.25, 0.3) is 0 Å². The largest absolute Gasteiger partial charge is 0.324 e. The highest BCUT2D eigenvalue weighted by Crippen LogP contribution is 2.26. The van der Waals surface area contributed by atoms with Gasteiger partial charge in [-0.2, -0.15) is 0 Å². The molecule has 4 heteroatoms. The summed E-state index contributed by atoms with van der Waals surface area (Å²) in [6.07, 6.45) is 0.450. The van der Waals surface area contributed by atoms with Crippen LogP contribution in [0.3, 0.4) is 0 Å². The van der Waals surface area contributed by atoms with Crippen molar-refractivity contribution in [2.75, 3.05) is 0 Å². The Morgan fingerprint density at radius 2 is 1.80 bits per heavy atom. The third-order valence-electron chi connectivity index (χ3n) is 3.38. The van der Waals surface area contributed by atoms with Gasteiger partial charge in [0.05, 0.1) is 5.02 Å². The number of aryl methyl sites for hydroxylation is 2. The van der Waals surface area contributed by atoms with Gasteiger partial charge in [0.25, 0.3) is 0 Å². The van der Waals surface area contributed by atoms with E-state index in [4.69, 9.17) is 17.3 Å². The first-order valence-corrected chi connectivity index (χ1v) is 6.72. The van der Waals surface area contributed by atoms with E-state index in [1.807, 2.05) is 32.0 Å². The SMILES string of the molecule is Cc1ccc(C)c(CC(N)c2cc(F)c(Cl)cc2F)c1. The summed E-state index contributed by atoms with van der Waals surface area (Å²) in [5.74, 6) is -1.23. The summed E-state index contributed by atoms with van der Waals surface area (Å²) in [6, 6.07) is 7.45. The summed E-state index contributed by atoms with van der Waals surface area (Å²) >= 11 is 5.54. The molecule has 1 atom stereocenters. The Kier molecular flexibility index (Phi) is 4.41. The van der Waals surface area contributed by atoms with Crippen LogP contribution >= 0.6 is 11.6 Å². The number of benzene rings is 2. The van der Waals surface area contributed by atoms with E-state index in [1.165, 1.54) is 0 Å². The highest BCUT2D eigenvalue weighted by molar-refractivity contribution is 6.30. The van der Waals surface area contributed by atoms with Gasteiger partial charge in [-0.1, -0.05) is 35.4 Å². The van der Waals surface area contributed by atoms with Gasteiger partial charge in [-0.15, -0.1) is 0 Å². The zero-order valence-electron chi connectivity index (χ0n) is 11.4. The van der Waals surface area contributed by atoms with Crippen LogP contribution in [0.4, 0.5) is 8.78 Å². The summed E-state index contributed by atoms with van der Waals surface area (Å²) in [4.78, 5) is 0. The minimum atomic E-state index is -0.653. The average molecular weight is 296 g/mol. The van der Waals surface area contributed by atoms with E-state index in [-0.39, 0.29) is 10.6 Å². The van der Waals surface area contributed by atoms with Gasteiger partial charge in [-0.05, 0) is 43.5 Å². The van der Waals surface area contributed by atoms with E-state index in [0.29, 0.717) is 6.42 Å². The molecule has 2 aromatic carbocycles. The lowest BCUT2D eigenvalue weighted by Gasteiger charge is -2.16. The van der Waals surface area contributed by atoms with E-state index >= 15 is 0 Å². The van der Waals surface area contributed by atoms with Gasteiger partial charge in [-0.3, -0.25) is 0 Å². The Labute approximate surface area is 122 Å². The van der Waals surface area contributed by atoms with E-state index in [2.05, 4.69) is 0 Å². The van der Waals surface area contributed by atoms with Crippen LogP contribution in [-0.2, 0) is 6.42 Å². The Hall–Kier alpha value is -1.45. The predicted octanol–water partition coefficient (Wildman–Crippen LogP) is 4.48. The molecule has 0 amide bonds. The molecular weight excluding hydrogens is 280 g/mol. The number of hydrogen-bond donors (Lipinski definition) is 1. The molecular formula is C16H16ClF2N. The summed E-state index contributed by atoms with van der Waals surface area (Å²) in [5, 5.41) is -0.231. The van der Waals surface area contributed by atoms with Crippen molar-refractivity contribution in [2.24, 2.45) is 5.73 Å². The first-order chi connectivity index (χ1) is 9.38. The maximum Gasteiger partial charge on any atom is 0.142 e. The Balaban J connectivity index is 2.30. The molecule has 0 aliphatic rings. The van der Waals surface area contributed by atoms with Crippen molar-refractivity contribution < 1.29 is 8.78 Å². The van der Waals surface area contributed by atoms with Gasteiger partial charge < -0.3 is 5.73 Å². The summed E-state index contributed by atoms with van der Waals surface area (Å²) < 4.78 is 27.3. The molecule has 0 aliphatic carbocycles. The van der Waals surface area contributed by atoms with Gasteiger partial charge in [0, 0.05) is 11.6 Å². The summed E-state index contributed by atoms with van der Waals surface area (Å²) in [6.45, 7) is 3.96. The van der Waals surface area contributed by atoms with Gasteiger partial charge >= 0.3 is 0 Å². The average Bonchev–Trinajstić information content (AvgIpc) is 2.38. The normalized spacial score (nSPS) is 12.5. The van der Waals surface area contributed by atoms with E-state index < -0.39 is 17.7 Å². The fourth-order valence-electron chi connectivity index (χ4n) is 2.19. The molecule has 1 unspecified atom stereocenters. The fourth-order valence-corrected chi connectivity index (χ4v) is 2.34. The molecule has 0 heterocycles. The second kappa shape index (κ2) is 5.90. The molecule has 2 aromatic rings. The van der Waals surface area contributed by atoms with Crippen molar-refractivity contribution in [3.8, 4) is 0 Å². The highest BCUT2D eigenvalue weighted by atomic mass is 35.5. The zero-order chi connectivity index (χ0) is 14.9. The third kappa shape index (κ3) is 3.17. The van der Waals surface area contributed by atoms with Crippen molar-refractivity contribution in [3.05, 3.63) is 69.2 Å². The van der Waals surface area contributed by atoms with Crippen LogP contribution in [0.5, 0.6) is 0 Å². The lowest BCUT2D eigenvalue weighted by molar-refractivity contribution is 0.561. The molecule has 2 N–H and O–H groups in total. The molecule has 0 saturated heterocycles. The second-order valence-corrected chi connectivity index (χ2v) is 5.44. The Morgan fingerprint density at radius 1 is 1.10 bits per heavy atom. The van der Waals surface area contributed by atoms with E-state index in [1.54, 1.807) is 0 Å². The van der Waals surface area contributed by atoms with E-state index in [0.717, 1.165) is 28.8 Å². The van der Waals surface area contributed by atoms with Gasteiger partial charge in [0.1, 0.15) is 11.6 Å². The van der Waals surface area contributed by atoms with Crippen LogP contribution in [0.1, 0.15) is 28.3 Å². The zero-order valence-corrected chi connectivity index (χ0v) is 12.1. The molecule has 0 aromatic heterocycles. The lowest BCUT2D eigenvalue weighted by Crippen LogP contribution is -2.16. The fraction of sp³-hybridized carbons (Fsp3) is 0.250. The summed E-state index contributed by atoms with van der Waals surface area (Å²) in [7, 11) is 0. The van der Waals surface area contributed by atoms with Crippen LogP contribution in [0.15, 0.2) is 30.3 Å². The van der Waals surface area contributed by atoms with E-state index in [9.17, 15) is 8.78 Å². The second-order valence-electron chi connectivity index (χ2n) is 5.03. The molecule has 0 bridgehead atoms. The van der Waals surface area contributed by atoms with Crippen LogP contribution in [-0.4, -0.2) is 0 Å². The molecule has 0 aliphatic heterocycles. The number of hydrogen-bond acceptors (Lipinski definition) is 1. The van der Waals surface area contributed by atoms with Crippen LogP contribution in [0, 0.1) is 25.5 Å². The molecule has 0 saturated carbocycles. The lowest BCUT2D eigenvalue weighted by atomic mass is 9.95. The smallest absolute Gasteiger partial charge is 0.142 e. The molecule has 0 radical (unpaired) electrons. The predicted molar refractivity (Wildman–Crippen MR) is 77.9 cm³/mol. The van der Waals surface area contributed by atoms with Crippen molar-refractivity contribution in [1.29, 1.82) is 0 Å². The minimum absolute atomic E-state index is 0.146. The Bertz CT molecular complexity index is 641. The molecule has 106 valence electrons. The maximum absolute atomic E-state index is 13.8. The minimum Gasteiger partial charge on any atom is -0.324 e. The van der Waals surface area contributed by atoms with Crippen molar-refractivity contribution >= 4 is 11.6 Å². The third-order valence-corrected chi connectivity index (χ3v) is 3.67. The first kappa shape index (κ1) is 14.9. The maximum atomic E-state index is 13.8. The van der Waals surface area contributed by atoms with Crippen molar-refractivity contribution in [2.45, 2.75) is 26.3 Å². The topological polar surface area (TPSA) is 26.0 Å². The van der Waals surface area contributed by atoms with Crippen molar-refractivity contribution in [3.63, 3.8) is 0 Å². The molecule has 2 rings (SSSR count).